The number of nitrogens with zero attached hydrogens (tertiary/aromatic N) is 1. The monoisotopic (exact) mass is 274 g/mol. The Balaban J connectivity index is 0.000000185. The lowest BCUT2D eigenvalue weighted by Gasteiger charge is -2.28. The maximum absolute atomic E-state index is 4.99. The SMILES string of the molecule is CC[NH+](CC)CC.S=C([S-])N(C1CC1)C1CC1. The van der Waals surface area contributed by atoms with E-state index in [9.17, 15) is 0 Å². The van der Waals surface area contributed by atoms with Crippen LogP contribution in [0.3, 0.4) is 0 Å². The third-order valence-electron chi connectivity index (χ3n) is 3.59. The Kier molecular flexibility index (Phi) is 6.67. The fourth-order valence-electron chi connectivity index (χ4n) is 2.05. The second-order valence-electron chi connectivity index (χ2n) is 4.95. The van der Waals surface area contributed by atoms with E-state index < -0.39 is 0 Å². The van der Waals surface area contributed by atoms with Gasteiger partial charge in [-0.15, -0.1) is 0 Å². The van der Waals surface area contributed by atoms with Gasteiger partial charge < -0.3 is 34.6 Å². The predicted molar refractivity (Wildman–Crippen MR) is 80.4 cm³/mol. The van der Waals surface area contributed by atoms with Gasteiger partial charge in [0, 0.05) is 12.1 Å². The zero-order chi connectivity index (χ0) is 12.8. The molecule has 2 rings (SSSR count). The molecule has 0 aliphatic heterocycles. The average Bonchev–Trinajstić information content (AvgIpc) is 3.14. The van der Waals surface area contributed by atoms with Crippen molar-refractivity contribution < 1.29 is 4.90 Å². The highest BCUT2D eigenvalue weighted by Crippen LogP contribution is 2.37. The van der Waals surface area contributed by atoms with Crippen LogP contribution in [-0.4, -0.2) is 40.9 Å². The van der Waals surface area contributed by atoms with Crippen molar-refractivity contribution in [2.24, 2.45) is 0 Å². The van der Waals surface area contributed by atoms with Crippen LogP contribution in [0.15, 0.2) is 0 Å². The second kappa shape index (κ2) is 7.49. The normalized spacial score (nSPS) is 18.6. The summed E-state index contributed by atoms with van der Waals surface area (Å²) in [6.07, 6.45) is 5.25. The molecule has 0 unspecified atom stereocenters. The summed E-state index contributed by atoms with van der Waals surface area (Å²) in [5, 5.41) is 0. The first-order valence-corrected chi connectivity index (χ1v) is 7.78. The average molecular weight is 274 g/mol. The summed E-state index contributed by atoms with van der Waals surface area (Å²) in [7, 11) is 0. The van der Waals surface area contributed by atoms with Crippen LogP contribution in [0.2, 0.25) is 0 Å². The fourth-order valence-corrected chi connectivity index (χ4v) is 2.65. The van der Waals surface area contributed by atoms with Gasteiger partial charge in [0.25, 0.3) is 0 Å². The number of hydrogen-bond acceptors (Lipinski definition) is 2. The molecule has 0 atom stereocenters. The largest absolute Gasteiger partial charge is 0.411 e. The van der Waals surface area contributed by atoms with Gasteiger partial charge >= 0.3 is 0 Å². The van der Waals surface area contributed by atoms with E-state index in [-0.39, 0.29) is 0 Å². The first kappa shape index (κ1) is 15.1. The van der Waals surface area contributed by atoms with Gasteiger partial charge in [-0.25, -0.2) is 0 Å². The van der Waals surface area contributed by atoms with Crippen molar-refractivity contribution in [1.82, 2.24) is 4.90 Å². The van der Waals surface area contributed by atoms with E-state index in [4.69, 9.17) is 24.8 Å². The van der Waals surface area contributed by atoms with Crippen molar-refractivity contribution in [3.05, 3.63) is 0 Å². The highest BCUT2D eigenvalue weighted by molar-refractivity contribution is 8.00. The molecule has 0 aromatic carbocycles. The molecule has 17 heavy (non-hydrogen) atoms. The molecular weight excluding hydrogens is 248 g/mol. The molecule has 0 spiro atoms. The molecule has 2 fully saturated rings. The predicted octanol–water partition coefficient (Wildman–Crippen LogP) is 1.38. The van der Waals surface area contributed by atoms with Gasteiger partial charge in [0.15, 0.2) is 0 Å². The molecule has 2 nitrogen and oxygen atoms in total. The third kappa shape index (κ3) is 5.49. The minimum Gasteiger partial charge on any atom is -0.411 e. The Morgan fingerprint density at radius 1 is 1.06 bits per heavy atom. The summed E-state index contributed by atoms with van der Waals surface area (Å²) >= 11 is 9.98. The number of nitrogens with one attached hydrogen (secondary N) is 1. The Morgan fingerprint density at radius 3 is 1.53 bits per heavy atom. The van der Waals surface area contributed by atoms with Crippen LogP contribution >= 0.6 is 12.2 Å². The molecule has 2 aliphatic rings. The van der Waals surface area contributed by atoms with Crippen LogP contribution in [0, 0.1) is 0 Å². The van der Waals surface area contributed by atoms with Crippen LogP contribution < -0.4 is 4.90 Å². The van der Waals surface area contributed by atoms with Crippen molar-refractivity contribution in [3.63, 3.8) is 0 Å². The Hall–Kier alpha value is 0.0700. The molecule has 0 saturated heterocycles. The van der Waals surface area contributed by atoms with Gasteiger partial charge in [0.1, 0.15) is 0 Å². The van der Waals surface area contributed by atoms with Crippen molar-refractivity contribution in [2.45, 2.75) is 58.5 Å². The van der Waals surface area contributed by atoms with E-state index in [1.54, 1.807) is 4.90 Å². The first-order valence-electron chi connectivity index (χ1n) is 6.96. The molecule has 1 N–H and O–H groups in total. The van der Waals surface area contributed by atoms with Gasteiger partial charge in [0.2, 0.25) is 0 Å². The summed E-state index contributed by atoms with van der Waals surface area (Å²) in [5.41, 5.74) is 0. The van der Waals surface area contributed by atoms with Gasteiger partial charge in [-0.3, -0.25) is 0 Å². The lowest BCUT2D eigenvalue weighted by molar-refractivity contribution is -0.894. The van der Waals surface area contributed by atoms with Crippen molar-refractivity contribution in [2.75, 3.05) is 19.6 Å². The van der Waals surface area contributed by atoms with Crippen LogP contribution in [0.4, 0.5) is 0 Å². The van der Waals surface area contributed by atoms with Crippen LogP contribution in [0.25, 0.3) is 0 Å². The van der Waals surface area contributed by atoms with E-state index in [0.717, 1.165) is 12.1 Å². The van der Waals surface area contributed by atoms with Crippen molar-refractivity contribution in [1.29, 1.82) is 0 Å². The molecule has 0 amide bonds. The maximum atomic E-state index is 4.99. The van der Waals surface area contributed by atoms with Gasteiger partial charge in [-0.1, -0.05) is 4.32 Å². The number of thiocarbonyl (C=S) groups is 1. The van der Waals surface area contributed by atoms with Crippen LogP contribution in [-0.2, 0) is 12.6 Å². The Morgan fingerprint density at radius 2 is 1.41 bits per heavy atom. The highest BCUT2D eigenvalue weighted by atomic mass is 32.1. The molecule has 0 aromatic rings. The van der Waals surface area contributed by atoms with Gasteiger partial charge in [-0.05, 0) is 46.5 Å². The molecule has 0 heterocycles. The molecule has 2 saturated carbocycles. The molecule has 2 aliphatic carbocycles. The molecule has 100 valence electrons. The quantitative estimate of drug-likeness (QED) is 0.599. The lowest BCUT2D eigenvalue weighted by atomic mass is 10.5. The van der Waals surface area contributed by atoms with Crippen LogP contribution in [0.5, 0.6) is 0 Å². The highest BCUT2D eigenvalue weighted by Gasteiger charge is 2.37. The third-order valence-corrected chi connectivity index (χ3v) is 4.01. The van der Waals surface area contributed by atoms with Crippen LogP contribution in [0.1, 0.15) is 46.5 Å². The Labute approximate surface area is 117 Å². The zero-order valence-corrected chi connectivity index (χ0v) is 13.0. The summed E-state index contributed by atoms with van der Waals surface area (Å²) in [4.78, 5) is 3.95. The molecule has 4 heteroatoms. The maximum Gasteiger partial charge on any atom is 0.0742 e. The standard InChI is InChI=1S/C7H11NS2.C6H15N/c9-7(10)8(5-1-2-5)6-3-4-6;1-4-7(5-2)6-3/h5-6H,1-4H2,(H,9,10);4-6H2,1-3H3. The smallest absolute Gasteiger partial charge is 0.0742 e. The molecule has 0 aromatic heterocycles. The van der Waals surface area contributed by atoms with E-state index in [1.165, 1.54) is 45.3 Å². The minimum absolute atomic E-state index is 0.699. The molecule has 0 radical (unpaired) electrons. The Bertz CT molecular complexity index is 216. The fraction of sp³-hybridized carbons (Fsp3) is 0.923. The number of hydrogen-bond donors (Lipinski definition) is 1. The van der Waals surface area contributed by atoms with Gasteiger partial charge in [-0.2, -0.15) is 0 Å². The van der Waals surface area contributed by atoms with E-state index >= 15 is 0 Å². The minimum atomic E-state index is 0.699. The summed E-state index contributed by atoms with van der Waals surface area (Å²) in [6, 6.07) is 1.47. The molecular formula is C13H26N2S2. The number of rotatable bonds is 5. The topological polar surface area (TPSA) is 7.68 Å². The lowest BCUT2D eigenvalue weighted by Crippen LogP contribution is -3.11. The van der Waals surface area contributed by atoms with E-state index in [0.29, 0.717) is 4.32 Å². The van der Waals surface area contributed by atoms with E-state index in [2.05, 4.69) is 25.7 Å². The summed E-state index contributed by atoms with van der Waals surface area (Å²) in [6.45, 7) is 10.5. The zero-order valence-electron chi connectivity index (χ0n) is 11.4. The number of quaternary nitrogens is 1. The van der Waals surface area contributed by atoms with E-state index in [1.807, 2.05) is 0 Å². The first-order chi connectivity index (χ1) is 8.13. The van der Waals surface area contributed by atoms with Crippen molar-refractivity contribution in [3.8, 4) is 0 Å². The van der Waals surface area contributed by atoms with Crippen molar-refractivity contribution >= 4 is 29.2 Å². The summed E-state index contributed by atoms with van der Waals surface area (Å²) < 4.78 is 0.699. The van der Waals surface area contributed by atoms with Gasteiger partial charge in [0.05, 0.1) is 19.6 Å². The second-order valence-corrected chi connectivity index (χ2v) is 5.98. The summed E-state index contributed by atoms with van der Waals surface area (Å²) in [5.74, 6) is 0. The molecule has 0 bridgehead atoms.